The molecule has 0 aliphatic heterocycles. The van der Waals surface area contributed by atoms with E-state index in [2.05, 4.69) is 15.7 Å². The number of hydrogen-bond donors (Lipinski definition) is 3. The van der Waals surface area contributed by atoms with Crippen LogP contribution in [0.3, 0.4) is 0 Å². The smallest absolute Gasteiger partial charge is 0.271 e. The van der Waals surface area contributed by atoms with Crippen LogP contribution < -0.4 is 16.6 Å². The molecule has 0 atom stereocenters. The minimum Gasteiger partial charge on any atom is -0.347 e. The Bertz CT molecular complexity index is 694. The molecule has 0 aliphatic carbocycles. The summed E-state index contributed by atoms with van der Waals surface area (Å²) in [5.41, 5.74) is 3.89. The lowest BCUT2D eigenvalue weighted by Gasteiger charge is -2.08. The summed E-state index contributed by atoms with van der Waals surface area (Å²) in [4.78, 5) is 16.1. The second-order valence-corrected chi connectivity index (χ2v) is 4.57. The molecule has 0 bridgehead atoms. The zero-order valence-electron chi connectivity index (χ0n) is 10.9. The highest BCUT2D eigenvalue weighted by Crippen LogP contribution is 2.16. The van der Waals surface area contributed by atoms with Crippen LogP contribution >= 0.6 is 11.6 Å². The number of nitriles is 1. The molecule has 0 unspecified atom stereocenters. The van der Waals surface area contributed by atoms with Gasteiger partial charge in [-0.3, -0.25) is 4.79 Å². The van der Waals surface area contributed by atoms with E-state index in [1.807, 2.05) is 6.07 Å². The zero-order chi connectivity index (χ0) is 15.2. The van der Waals surface area contributed by atoms with Crippen LogP contribution in [0.15, 0.2) is 36.4 Å². The number of nitrogens with one attached hydrogen (secondary N) is 2. The molecule has 106 valence electrons. The average molecular weight is 302 g/mol. The van der Waals surface area contributed by atoms with Crippen LogP contribution in [0.4, 0.5) is 5.82 Å². The van der Waals surface area contributed by atoms with E-state index in [0.29, 0.717) is 17.9 Å². The number of anilines is 1. The predicted molar refractivity (Wildman–Crippen MR) is 79.4 cm³/mol. The number of amides is 1. The van der Waals surface area contributed by atoms with E-state index in [1.54, 1.807) is 36.4 Å². The maximum atomic E-state index is 12.1. The Hall–Kier alpha value is -2.62. The largest absolute Gasteiger partial charge is 0.347 e. The van der Waals surface area contributed by atoms with E-state index < -0.39 is 5.91 Å². The second kappa shape index (κ2) is 6.70. The van der Waals surface area contributed by atoms with E-state index in [1.165, 1.54) is 0 Å². The fourth-order valence-electron chi connectivity index (χ4n) is 1.64. The number of carbonyl (C=O) groups is 1. The number of pyridine rings is 1. The van der Waals surface area contributed by atoms with Crippen molar-refractivity contribution in [2.75, 3.05) is 5.43 Å². The normalized spacial score (nSPS) is 9.76. The van der Waals surface area contributed by atoms with Crippen molar-refractivity contribution in [3.05, 3.63) is 58.2 Å². The standard InChI is InChI=1S/C14H12ClN5O/c15-11-5-6-12(20-17)19-13(11)14(21)18-8-10-3-1-9(7-16)2-4-10/h1-6H,8,17H2,(H,18,21)(H,19,20). The molecule has 0 saturated carbocycles. The monoisotopic (exact) mass is 301 g/mol. The van der Waals surface area contributed by atoms with Crippen LogP contribution in [0.5, 0.6) is 0 Å². The van der Waals surface area contributed by atoms with Gasteiger partial charge in [0.2, 0.25) is 0 Å². The van der Waals surface area contributed by atoms with Gasteiger partial charge >= 0.3 is 0 Å². The van der Waals surface area contributed by atoms with Crippen LogP contribution in [-0.4, -0.2) is 10.9 Å². The molecule has 1 aromatic heterocycles. The molecule has 1 amide bonds. The Morgan fingerprint density at radius 1 is 1.29 bits per heavy atom. The summed E-state index contributed by atoms with van der Waals surface area (Å²) in [6, 6.07) is 12.1. The van der Waals surface area contributed by atoms with Gasteiger partial charge in [0, 0.05) is 6.54 Å². The molecule has 0 radical (unpaired) electrons. The van der Waals surface area contributed by atoms with Gasteiger partial charge in [0.25, 0.3) is 5.91 Å². The van der Waals surface area contributed by atoms with Crippen molar-refractivity contribution in [1.82, 2.24) is 10.3 Å². The first kappa shape index (κ1) is 14.8. The number of nitrogens with two attached hydrogens (primary N) is 1. The number of hydrazine groups is 1. The molecule has 1 aromatic carbocycles. The Balaban J connectivity index is 2.06. The first-order valence-electron chi connectivity index (χ1n) is 6.04. The maximum Gasteiger partial charge on any atom is 0.271 e. The Labute approximate surface area is 126 Å². The molecule has 7 heteroatoms. The minimum atomic E-state index is -0.401. The van der Waals surface area contributed by atoms with Gasteiger partial charge in [-0.1, -0.05) is 23.7 Å². The van der Waals surface area contributed by atoms with Gasteiger partial charge < -0.3 is 10.7 Å². The molecule has 2 rings (SSSR count). The van der Waals surface area contributed by atoms with Crippen molar-refractivity contribution >= 4 is 23.3 Å². The van der Waals surface area contributed by atoms with Crippen LogP contribution in [0, 0.1) is 11.3 Å². The van der Waals surface area contributed by atoms with Crippen molar-refractivity contribution in [2.24, 2.45) is 5.84 Å². The zero-order valence-corrected chi connectivity index (χ0v) is 11.7. The van der Waals surface area contributed by atoms with Crippen molar-refractivity contribution < 1.29 is 4.79 Å². The molecule has 0 fully saturated rings. The molecular weight excluding hydrogens is 290 g/mol. The van der Waals surface area contributed by atoms with Crippen molar-refractivity contribution in [2.45, 2.75) is 6.54 Å². The molecule has 6 nitrogen and oxygen atoms in total. The van der Waals surface area contributed by atoms with E-state index in [-0.39, 0.29) is 10.7 Å². The van der Waals surface area contributed by atoms with Gasteiger partial charge in [-0.05, 0) is 29.8 Å². The molecule has 21 heavy (non-hydrogen) atoms. The summed E-state index contributed by atoms with van der Waals surface area (Å²) in [6.45, 7) is 0.308. The minimum absolute atomic E-state index is 0.0979. The summed E-state index contributed by atoms with van der Waals surface area (Å²) in [7, 11) is 0. The topological polar surface area (TPSA) is 104 Å². The molecule has 0 aliphatic rings. The maximum absolute atomic E-state index is 12.1. The molecular formula is C14H12ClN5O. The Morgan fingerprint density at radius 3 is 2.62 bits per heavy atom. The molecule has 0 spiro atoms. The number of halogens is 1. The van der Waals surface area contributed by atoms with Crippen LogP contribution in [-0.2, 0) is 6.54 Å². The third-order valence-electron chi connectivity index (χ3n) is 2.75. The highest BCUT2D eigenvalue weighted by atomic mass is 35.5. The molecule has 1 heterocycles. The number of carbonyl (C=O) groups excluding carboxylic acids is 1. The van der Waals surface area contributed by atoms with Gasteiger partial charge in [0.05, 0.1) is 16.7 Å². The van der Waals surface area contributed by atoms with E-state index in [0.717, 1.165) is 5.56 Å². The SMILES string of the molecule is N#Cc1ccc(CNC(=O)c2nc(NN)ccc2Cl)cc1. The lowest BCUT2D eigenvalue weighted by atomic mass is 10.1. The fourth-order valence-corrected chi connectivity index (χ4v) is 1.84. The van der Waals surface area contributed by atoms with Gasteiger partial charge in [-0.15, -0.1) is 0 Å². The quantitative estimate of drug-likeness (QED) is 0.590. The van der Waals surface area contributed by atoms with Crippen molar-refractivity contribution in [3.8, 4) is 6.07 Å². The summed E-state index contributed by atoms with van der Waals surface area (Å²) in [5, 5.41) is 11.7. The van der Waals surface area contributed by atoms with E-state index >= 15 is 0 Å². The van der Waals surface area contributed by atoms with E-state index in [4.69, 9.17) is 22.7 Å². The molecule has 0 saturated heterocycles. The number of nitrogen functional groups attached to an aromatic ring is 1. The first-order valence-corrected chi connectivity index (χ1v) is 6.42. The van der Waals surface area contributed by atoms with E-state index in [9.17, 15) is 4.79 Å². The first-order chi connectivity index (χ1) is 10.1. The lowest BCUT2D eigenvalue weighted by molar-refractivity contribution is 0.0946. The third-order valence-corrected chi connectivity index (χ3v) is 3.05. The average Bonchev–Trinajstić information content (AvgIpc) is 2.53. The van der Waals surface area contributed by atoms with Gasteiger partial charge in [0.1, 0.15) is 11.5 Å². The van der Waals surface area contributed by atoms with Crippen LogP contribution in [0.25, 0.3) is 0 Å². The fraction of sp³-hybridized carbons (Fsp3) is 0.0714. The molecule has 4 N–H and O–H groups in total. The van der Waals surface area contributed by atoms with Gasteiger partial charge in [-0.25, -0.2) is 10.8 Å². The summed E-state index contributed by atoms with van der Waals surface area (Å²) in [5.74, 6) is 5.20. The molecule has 2 aromatic rings. The van der Waals surface area contributed by atoms with Crippen LogP contribution in [0.2, 0.25) is 5.02 Å². The van der Waals surface area contributed by atoms with Gasteiger partial charge in [0.15, 0.2) is 0 Å². The predicted octanol–water partition coefficient (Wildman–Crippen LogP) is 1.82. The van der Waals surface area contributed by atoms with Crippen LogP contribution in [0.1, 0.15) is 21.6 Å². The van der Waals surface area contributed by atoms with Crippen molar-refractivity contribution in [1.29, 1.82) is 5.26 Å². The second-order valence-electron chi connectivity index (χ2n) is 4.16. The highest BCUT2D eigenvalue weighted by Gasteiger charge is 2.12. The Morgan fingerprint density at radius 2 is 2.00 bits per heavy atom. The summed E-state index contributed by atoms with van der Waals surface area (Å²) >= 11 is 5.94. The number of rotatable bonds is 4. The Kier molecular flexibility index (Phi) is 4.72. The number of benzene rings is 1. The lowest BCUT2D eigenvalue weighted by Crippen LogP contribution is -2.24. The summed E-state index contributed by atoms with van der Waals surface area (Å²) in [6.07, 6.45) is 0. The summed E-state index contributed by atoms with van der Waals surface area (Å²) < 4.78 is 0. The number of aromatic nitrogens is 1. The highest BCUT2D eigenvalue weighted by molar-refractivity contribution is 6.33. The van der Waals surface area contributed by atoms with Gasteiger partial charge in [-0.2, -0.15) is 5.26 Å². The number of nitrogens with zero attached hydrogens (tertiary/aromatic N) is 2. The number of hydrogen-bond acceptors (Lipinski definition) is 5. The van der Waals surface area contributed by atoms with Crippen molar-refractivity contribution in [3.63, 3.8) is 0 Å². The third kappa shape index (κ3) is 3.69.